The Kier molecular flexibility index (Phi) is 5.44. The molecule has 0 aliphatic carbocycles. The Bertz CT molecular complexity index is 490. The van der Waals surface area contributed by atoms with Gasteiger partial charge in [0.05, 0.1) is 6.61 Å². The SMILES string of the molecule is CCCOc1ccc(CCN)c(OC2CCN(C)C2=O)c1. The summed E-state index contributed by atoms with van der Waals surface area (Å²) in [6, 6.07) is 5.76. The van der Waals surface area contributed by atoms with Crippen LogP contribution in [0.5, 0.6) is 11.5 Å². The van der Waals surface area contributed by atoms with Gasteiger partial charge in [-0.1, -0.05) is 13.0 Å². The average molecular weight is 292 g/mol. The van der Waals surface area contributed by atoms with Crippen molar-refractivity contribution in [3.8, 4) is 11.5 Å². The first kappa shape index (κ1) is 15.6. The van der Waals surface area contributed by atoms with E-state index in [0.29, 0.717) is 18.9 Å². The minimum Gasteiger partial charge on any atom is -0.493 e. The van der Waals surface area contributed by atoms with E-state index in [4.69, 9.17) is 15.2 Å². The van der Waals surface area contributed by atoms with Gasteiger partial charge >= 0.3 is 0 Å². The van der Waals surface area contributed by atoms with Crippen molar-refractivity contribution in [3.63, 3.8) is 0 Å². The minimum atomic E-state index is -0.395. The number of nitrogens with zero attached hydrogens (tertiary/aromatic N) is 1. The standard InChI is InChI=1S/C16H24N2O3/c1-3-10-20-13-5-4-12(6-8-17)15(11-13)21-14-7-9-18(2)16(14)19/h4-5,11,14H,3,6-10,17H2,1-2H3. The molecule has 21 heavy (non-hydrogen) atoms. The molecule has 1 saturated heterocycles. The molecule has 0 aromatic heterocycles. The zero-order valence-corrected chi connectivity index (χ0v) is 12.8. The fourth-order valence-corrected chi connectivity index (χ4v) is 2.37. The maximum Gasteiger partial charge on any atom is 0.263 e. The van der Waals surface area contributed by atoms with Crippen molar-refractivity contribution in [1.29, 1.82) is 0 Å². The number of rotatable bonds is 7. The fourth-order valence-electron chi connectivity index (χ4n) is 2.37. The van der Waals surface area contributed by atoms with Crippen molar-refractivity contribution in [2.24, 2.45) is 5.73 Å². The summed E-state index contributed by atoms with van der Waals surface area (Å²) < 4.78 is 11.6. The van der Waals surface area contributed by atoms with Gasteiger partial charge in [-0.15, -0.1) is 0 Å². The number of carbonyl (C=O) groups is 1. The number of nitrogens with two attached hydrogens (primary N) is 1. The number of amides is 1. The molecule has 2 N–H and O–H groups in total. The molecule has 2 rings (SSSR count). The minimum absolute atomic E-state index is 0.0357. The normalized spacial score (nSPS) is 18.1. The molecule has 1 atom stereocenters. The lowest BCUT2D eigenvalue weighted by Crippen LogP contribution is -2.29. The summed E-state index contributed by atoms with van der Waals surface area (Å²) in [5.41, 5.74) is 6.66. The van der Waals surface area contributed by atoms with Gasteiger partial charge in [-0.2, -0.15) is 0 Å². The molecule has 0 bridgehead atoms. The molecule has 1 heterocycles. The maximum absolute atomic E-state index is 12.0. The highest BCUT2D eigenvalue weighted by molar-refractivity contribution is 5.83. The quantitative estimate of drug-likeness (QED) is 0.829. The Morgan fingerprint density at radius 1 is 1.43 bits per heavy atom. The summed E-state index contributed by atoms with van der Waals surface area (Å²) in [4.78, 5) is 13.7. The first-order valence-electron chi connectivity index (χ1n) is 7.53. The van der Waals surface area contributed by atoms with E-state index in [1.54, 1.807) is 11.9 Å². The molecule has 1 aliphatic heterocycles. The molecule has 0 radical (unpaired) electrons. The zero-order valence-electron chi connectivity index (χ0n) is 12.8. The van der Waals surface area contributed by atoms with E-state index in [1.165, 1.54) is 0 Å². The molecular formula is C16H24N2O3. The van der Waals surface area contributed by atoms with Crippen molar-refractivity contribution >= 4 is 5.91 Å². The van der Waals surface area contributed by atoms with Crippen LogP contribution in [0.2, 0.25) is 0 Å². The van der Waals surface area contributed by atoms with E-state index >= 15 is 0 Å². The second kappa shape index (κ2) is 7.31. The zero-order chi connectivity index (χ0) is 15.2. The summed E-state index contributed by atoms with van der Waals surface area (Å²) >= 11 is 0. The molecule has 1 aromatic carbocycles. The molecule has 0 spiro atoms. The number of likely N-dealkylation sites (tertiary alicyclic amines) is 1. The Morgan fingerprint density at radius 2 is 2.24 bits per heavy atom. The van der Waals surface area contributed by atoms with Gasteiger partial charge in [0.2, 0.25) is 0 Å². The van der Waals surface area contributed by atoms with E-state index in [1.807, 2.05) is 18.2 Å². The largest absolute Gasteiger partial charge is 0.493 e. The van der Waals surface area contributed by atoms with Crippen LogP contribution in [-0.2, 0) is 11.2 Å². The summed E-state index contributed by atoms with van der Waals surface area (Å²) in [7, 11) is 1.80. The topological polar surface area (TPSA) is 64.8 Å². The predicted molar refractivity (Wildman–Crippen MR) is 81.7 cm³/mol. The Balaban J connectivity index is 2.15. The molecular weight excluding hydrogens is 268 g/mol. The van der Waals surface area contributed by atoms with Crippen molar-refractivity contribution < 1.29 is 14.3 Å². The predicted octanol–water partition coefficient (Wildman–Crippen LogP) is 1.59. The van der Waals surface area contributed by atoms with E-state index in [-0.39, 0.29) is 5.91 Å². The summed E-state index contributed by atoms with van der Waals surface area (Å²) in [6.45, 7) is 4.01. The smallest absolute Gasteiger partial charge is 0.263 e. The van der Waals surface area contributed by atoms with E-state index in [9.17, 15) is 4.79 Å². The third-order valence-corrected chi connectivity index (χ3v) is 3.57. The van der Waals surface area contributed by atoms with Crippen LogP contribution in [0.15, 0.2) is 18.2 Å². The first-order chi connectivity index (χ1) is 10.2. The van der Waals surface area contributed by atoms with Gasteiger partial charge in [0.1, 0.15) is 11.5 Å². The van der Waals surface area contributed by atoms with Gasteiger partial charge in [-0.05, 0) is 31.0 Å². The lowest BCUT2D eigenvalue weighted by Gasteiger charge is -2.17. The van der Waals surface area contributed by atoms with E-state index in [2.05, 4.69) is 6.92 Å². The molecule has 0 saturated carbocycles. The lowest BCUT2D eigenvalue weighted by atomic mass is 10.1. The van der Waals surface area contributed by atoms with E-state index < -0.39 is 6.10 Å². The van der Waals surface area contributed by atoms with Crippen LogP contribution in [0, 0.1) is 0 Å². The molecule has 1 aromatic rings. The number of likely N-dealkylation sites (N-methyl/N-ethyl adjacent to an activating group) is 1. The van der Waals surface area contributed by atoms with Gasteiger partial charge in [-0.25, -0.2) is 0 Å². The molecule has 5 heteroatoms. The van der Waals surface area contributed by atoms with Crippen LogP contribution >= 0.6 is 0 Å². The van der Waals surface area contributed by atoms with Crippen molar-refractivity contribution in [3.05, 3.63) is 23.8 Å². The van der Waals surface area contributed by atoms with Crippen LogP contribution in [-0.4, -0.2) is 43.7 Å². The fraction of sp³-hybridized carbons (Fsp3) is 0.562. The van der Waals surface area contributed by atoms with Gasteiger partial charge in [0.25, 0.3) is 5.91 Å². The van der Waals surface area contributed by atoms with Gasteiger partial charge in [0, 0.05) is 26.1 Å². The monoisotopic (exact) mass is 292 g/mol. The van der Waals surface area contributed by atoms with Crippen LogP contribution in [0.25, 0.3) is 0 Å². The summed E-state index contributed by atoms with van der Waals surface area (Å²) in [6.07, 6.45) is 2.00. The van der Waals surface area contributed by atoms with Crippen LogP contribution in [0.4, 0.5) is 0 Å². The molecule has 1 amide bonds. The Hall–Kier alpha value is -1.75. The van der Waals surface area contributed by atoms with Crippen molar-refractivity contribution in [1.82, 2.24) is 4.90 Å². The Labute approximate surface area is 126 Å². The highest BCUT2D eigenvalue weighted by Gasteiger charge is 2.31. The van der Waals surface area contributed by atoms with Crippen molar-refractivity contribution in [2.45, 2.75) is 32.3 Å². The van der Waals surface area contributed by atoms with Crippen molar-refractivity contribution in [2.75, 3.05) is 26.7 Å². The highest BCUT2D eigenvalue weighted by Crippen LogP contribution is 2.28. The second-order valence-corrected chi connectivity index (χ2v) is 5.31. The molecule has 5 nitrogen and oxygen atoms in total. The van der Waals surface area contributed by atoms with Crippen LogP contribution < -0.4 is 15.2 Å². The molecule has 1 unspecified atom stereocenters. The average Bonchev–Trinajstić information content (AvgIpc) is 2.79. The molecule has 1 aliphatic rings. The number of hydrogen-bond donors (Lipinski definition) is 1. The van der Waals surface area contributed by atoms with Gasteiger partial charge in [-0.3, -0.25) is 4.79 Å². The number of hydrogen-bond acceptors (Lipinski definition) is 4. The van der Waals surface area contributed by atoms with Gasteiger partial charge < -0.3 is 20.1 Å². The summed E-state index contributed by atoms with van der Waals surface area (Å²) in [5.74, 6) is 1.52. The third kappa shape index (κ3) is 3.88. The number of carbonyl (C=O) groups excluding carboxylic acids is 1. The number of ether oxygens (including phenoxy) is 2. The lowest BCUT2D eigenvalue weighted by molar-refractivity contribution is -0.132. The second-order valence-electron chi connectivity index (χ2n) is 5.31. The van der Waals surface area contributed by atoms with Crippen LogP contribution in [0.3, 0.4) is 0 Å². The maximum atomic E-state index is 12.0. The van der Waals surface area contributed by atoms with E-state index in [0.717, 1.165) is 37.1 Å². The first-order valence-corrected chi connectivity index (χ1v) is 7.53. The molecule has 116 valence electrons. The summed E-state index contributed by atoms with van der Waals surface area (Å²) in [5, 5.41) is 0. The molecule has 1 fully saturated rings. The Morgan fingerprint density at radius 3 is 2.86 bits per heavy atom. The number of benzene rings is 1. The third-order valence-electron chi connectivity index (χ3n) is 3.57. The highest BCUT2D eigenvalue weighted by atomic mass is 16.5. The van der Waals surface area contributed by atoms with Gasteiger partial charge in [0.15, 0.2) is 6.10 Å². The van der Waals surface area contributed by atoms with Crippen LogP contribution in [0.1, 0.15) is 25.3 Å².